The standard InChI is InChI=1S/C10H16N2O2S/c1-7-8(2)11-10(15)12(9(7)13)5-4-6-14-3/h4-6H2,1-3H3,(H,11,15). The van der Waals surface area contributed by atoms with Crippen molar-refractivity contribution in [3.8, 4) is 0 Å². The quantitative estimate of drug-likeness (QED) is 0.628. The summed E-state index contributed by atoms with van der Waals surface area (Å²) in [6.45, 7) is 4.89. The van der Waals surface area contributed by atoms with Crippen LogP contribution in [0.25, 0.3) is 0 Å². The van der Waals surface area contributed by atoms with Crippen LogP contribution in [0.15, 0.2) is 4.79 Å². The van der Waals surface area contributed by atoms with Gasteiger partial charge in [0.05, 0.1) is 0 Å². The monoisotopic (exact) mass is 228 g/mol. The second-order valence-corrected chi connectivity index (χ2v) is 3.87. The van der Waals surface area contributed by atoms with Crippen LogP contribution < -0.4 is 5.56 Å². The number of hydrogen-bond acceptors (Lipinski definition) is 3. The van der Waals surface area contributed by atoms with Crippen LogP contribution in [0.5, 0.6) is 0 Å². The van der Waals surface area contributed by atoms with E-state index >= 15 is 0 Å². The molecule has 0 amide bonds. The van der Waals surface area contributed by atoms with Gasteiger partial charge in [0.1, 0.15) is 0 Å². The van der Waals surface area contributed by atoms with Crippen molar-refractivity contribution in [2.24, 2.45) is 0 Å². The van der Waals surface area contributed by atoms with Gasteiger partial charge in [-0.15, -0.1) is 0 Å². The van der Waals surface area contributed by atoms with Crippen molar-refractivity contribution in [1.82, 2.24) is 9.55 Å². The maximum absolute atomic E-state index is 11.8. The highest BCUT2D eigenvalue weighted by Crippen LogP contribution is 1.98. The van der Waals surface area contributed by atoms with E-state index in [0.717, 1.165) is 17.7 Å². The Labute approximate surface area is 93.9 Å². The van der Waals surface area contributed by atoms with E-state index in [4.69, 9.17) is 17.0 Å². The summed E-state index contributed by atoms with van der Waals surface area (Å²) < 4.78 is 7.00. The van der Waals surface area contributed by atoms with Gasteiger partial charge in [0.15, 0.2) is 4.77 Å². The zero-order valence-electron chi connectivity index (χ0n) is 9.29. The average Bonchev–Trinajstić information content (AvgIpc) is 2.20. The third-order valence-electron chi connectivity index (χ3n) is 2.40. The summed E-state index contributed by atoms with van der Waals surface area (Å²) in [5, 5.41) is 0. The molecule has 4 nitrogen and oxygen atoms in total. The van der Waals surface area contributed by atoms with E-state index in [0.29, 0.717) is 17.9 Å². The number of aryl methyl sites for hydroxylation is 1. The fourth-order valence-electron chi connectivity index (χ4n) is 1.35. The molecule has 0 saturated carbocycles. The van der Waals surface area contributed by atoms with E-state index in [9.17, 15) is 4.79 Å². The highest BCUT2D eigenvalue weighted by molar-refractivity contribution is 7.71. The van der Waals surface area contributed by atoms with E-state index in [1.807, 2.05) is 6.92 Å². The molecular formula is C10H16N2O2S. The molecular weight excluding hydrogens is 212 g/mol. The van der Waals surface area contributed by atoms with Gasteiger partial charge in [-0.3, -0.25) is 9.36 Å². The molecule has 0 aliphatic rings. The summed E-state index contributed by atoms with van der Waals surface area (Å²) in [5.74, 6) is 0. The number of rotatable bonds is 4. The first-order valence-electron chi connectivity index (χ1n) is 4.87. The van der Waals surface area contributed by atoms with Crippen LogP contribution in [0.1, 0.15) is 17.7 Å². The number of aromatic nitrogens is 2. The maximum atomic E-state index is 11.8. The lowest BCUT2D eigenvalue weighted by molar-refractivity contribution is 0.189. The van der Waals surface area contributed by atoms with Crippen molar-refractivity contribution in [1.29, 1.82) is 0 Å². The Hall–Kier alpha value is -0.940. The van der Waals surface area contributed by atoms with E-state index < -0.39 is 0 Å². The van der Waals surface area contributed by atoms with Crippen molar-refractivity contribution in [2.75, 3.05) is 13.7 Å². The summed E-state index contributed by atoms with van der Waals surface area (Å²) in [7, 11) is 1.64. The van der Waals surface area contributed by atoms with Crippen LogP contribution in [-0.2, 0) is 11.3 Å². The van der Waals surface area contributed by atoms with Gasteiger partial charge in [-0.05, 0) is 32.5 Å². The molecule has 0 aromatic carbocycles. The first kappa shape index (κ1) is 12.1. The number of nitrogens with zero attached hydrogens (tertiary/aromatic N) is 1. The number of H-pyrrole nitrogens is 1. The Balaban J connectivity index is 3.03. The molecule has 0 unspecified atom stereocenters. The zero-order valence-corrected chi connectivity index (χ0v) is 10.1. The minimum Gasteiger partial charge on any atom is -0.385 e. The highest BCUT2D eigenvalue weighted by atomic mass is 32.1. The normalized spacial score (nSPS) is 10.6. The number of hydrogen-bond donors (Lipinski definition) is 1. The first-order valence-corrected chi connectivity index (χ1v) is 5.28. The molecule has 1 rings (SSSR count). The van der Waals surface area contributed by atoms with E-state index in [1.54, 1.807) is 18.6 Å². The maximum Gasteiger partial charge on any atom is 0.257 e. The molecule has 1 aromatic heterocycles. The molecule has 0 aliphatic heterocycles. The number of methoxy groups -OCH3 is 1. The molecule has 84 valence electrons. The lowest BCUT2D eigenvalue weighted by Crippen LogP contribution is -2.25. The molecule has 1 heterocycles. The van der Waals surface area contributed by atoms with Crippen molar-refractivity contribution >= 4 is 12.2 Å². The Morgan fingerprint density at radius 1 is 1.47 bits per heavy atom. The van der Waals surface area contributed by atoms with Crippen LogP contribution in [0.3, 0.4) is 0 Å². The van der Waals surface area contributed by atoms with Gasteiger partial charge >= 0.3 is 0 Å². The van der Waals surface area contributed by atoms with Gasteiger partial charge in [0, 0.05) is 31.5 Å². The third kappa shape index (κ3) is 2.76. The fourth-order valence-corrected chi connectivity index (χ4v) is 1.67. The summed E-state index contributed by atoms with van der Waals surface area (Å²) >= 11 is 5.10. The number of nitrogens with one attached hydrogen (secondary N) is 1. The Bertz CT molecular complexity index is 448. The van der Waals surface area contributed by atoms with Crippen molar-refractivity contribution in [3.63, 3.8) is 0 Å². The Kier molecular flexibility index (Phi) is 4.23. The Morgan fingerprint density at radius 3 is 2.73 bits per heavy atom. The second kappa shape index (κ2) is 5.23. The van der Waals surface area contributed by atoms with Gasteiger partial charge < -0.3 is 9.72 Å². The molecule has 0 fully saturated rings. The summed E-state index contributed by atoms with van der Waals surface area (Å²) in [4.78, 5) is 14.9. The smallest absolute Gasteiger partial charge is 0.257 e. The minimum atomic E-state index is -0.00708. The summed E-state index contributed by atoms with van der Waals surface area (Å²) in [6.07, 6.45) is 0.788. The van der Waals surface area contributed by atoms with Crippen molar-refractivity contribution in [2.45, 2.75) is 26.8 Å². The lowest BCUT2D eigenvalue weighted by atomic mass is 10.3. The average molecular weight is 228 g/mol. The number of aromatic amines is 1. The minimum absolute atomic E-state index is 0.00708. The SMILES string of the molecule is COCCCn1c(=S)[nH]c(C)c(C)c1=O. The van der Waals surface area contributed by atoms with Crippen LogP contribution in [0, 0.1) is 18.6 Å². The van der Waals surface area contributed by atoms with Crippen LogP contribution >= 0.6 is 12.2 Å². The lowest BCUT2D eigenvalue weighted by Gasteiger charge is -2.08. The molecule has 1 aromatic rings. The predicted molar refractivity (Wildman–Crippen MR) is 61.9 cm³/mol. The van der Waals surface area contributed by atoms with Crippen LogP contribution in [0.2, 0.25) is 0 Å². The topological polar surface area (TPSA) is 47.0 Å². The first-order chi connectivity index (χ1) is 7.07. The molecule has 0 atom stereocenters. The van der Waals surface area contributed by atoms with Gasteiger partial charge in [-0.2, -0.15) is 0 Å². The summed E-state index contributed by atoms with van der Waals surface area (Å²) in [5.41, 5.74) is 1.56. The molecule has 5 heteroatoms. The van der Waals surface area contributed by atoms with E-state index in [2.05, 4.69) is 4.98 Å². The van der Waals surface area contributed by atoms with Crippen molar-refractivity contribution < 1.29 is 4.74 Å². The largest absolute Gasteiger partial charge is 0.385 e. The molecule has 0 aliphatic carbocycles. The molecule has 15 heavy (non-hydrogen) atoms. The Morgan fingerprint density at radius 2 is 2.13 bits per heavy atom. The van der Waals surface area contributed by atoms with E-state index in [1.165, 1.54) is 0 Å². The number of ether oxygens (including phenoxy) is 1. The molecule has 0 spiro atoms. The van der Waals surface area contributed by atoms with Crippen LogP contribution in [-0.4, -0.2) is 23.3 Å². The molecule has 0 saturated heterocycles. The molecule has 1 N–H and O–H groups in total. The fraction of sp³-hybridized carbons (Fsp3) is 0.600. The molecule has 0 radical (unpaired) electrons. The molecule has 0 bridgehead atoms. The van der Waals surface area contributed by atoms with Gasteiger partial charge in [0.25, 0.3) is 5.56 Å². The van der Waals surface area contributed by atoms with Gasteiger partial charge in [-0.1, -0.05) is 0 Å². The van der Waals surface area contributed by atoms with Crippen LogP contribution in [0.4, 0.5) is 0 Å². The van der Waals surface area contributed by atoms with Gasteiger partial charge in [0.2, 0.25) is 0 Å². The predicted octanol–water partition coefficient (Wildman–Crippen LogP) is 1.56. The zero-order chi connectivity index (χ0) is 11.4. The summed E-state index contributed by atoms with van der Waals surface area (Å²) in [6, 6.07) is 0. The highest BCUT2D eigenvalue weighted by Gasteiger charge is 2.04. The van der Waals surface area contributed by atoms with Gasteiger partial charge in [-0.25, -0.2) is 0 Å². The van der Waals surface area contributed by atoms with Crippen molar-refractivity contribution in [3.05, 3.63) is 26.4 Å². The third-order valence-corrected chi connectivity index (χ3v) is 2.72. The second-order valence-electron chi connectivity index (χ2n) is 3.48. The van der Waals surface area contributed by atoms with E-state index in [-0.39, 0.29) is 5.56 Å².